The van der Waals surface area contributed by atoms with Gasteiger partial charge in [-0.3, -0.25) is 0 Å². The fourth-order valence-corrected chi connectivity index (χ4v) is 3.38. The molecule has 2 rings (SSSR count). The summed E-state index contributed by atoms with van der Waals surface area (Å²) in [6.45, 7) is 2.82. The number of hydrogen-bond donors (Lipinski definition) is 1. The van der Waals surface area contributed by atoms with Gasteiger partial charge in [0.1, 0.15) is 0 Å². The van der Waals surface area contributed by atoms with E-state index in [0.717, 1.165) is 12.6 Å². The normalized spacial score (nSPS) is 30.9. The molecule has 2 fully saturated rings. The van der Waals surface area contributed by atoms with Crippen LogP contribution >= 0.6 is 0 Å². The van der Waals surface area contributed by atoms with E-state index in [-0.39, 0.29) is 0 Å². The predicted octanol–water partition coefficient (Wildman–Crippen LogP) is 2.80. The van der Waals surface area contributed by atoms with Crippen molar-refractivity contribution in [2.24, 2.45) is 5.92 Å². The van der Waals surface area contributed by atoms with E-state index in [2.05, 4.69) is 4.90 Å². The second-order valence-corrected chi connectivity index (χ2v) is 5.68. The molecule has 0 aromatic carbocycles. The Morgan fingerprint density at radius 2 is 1.56 bits per heavy atom. The van der Waals surface area contributed by atoms with Gasteiger partial charge in [0.15, 0.2) is 0 Å². The largest absolute Gasteiger partial charge is 0.396 e. The maximum absolute atomic E-state index is 9.28. The monoisotopic (exact) mass is 225 g/mol. The lowest BCUT2D eigenvalue weighted by Crippen LogP contribution is -2.43. The Labute approximate surface area is 100 Å². The Balaban J connectivity index is 1.83. The summed E-state index contributed by atoms with van der Waals surface area (Å²) in [6, 6.07) is 0.828. The molecule has 0 aromatic heterocycles. The molecule has 0 radical (unpaired) electrons. The van der Waals surface area contributed by atoms with Crippen LogP contribution in [0.1, 0.15) is 57.8 Å². The van der Waals surface area contributed by atoms with Crippen LogP contribution < -0.4 is 0 Å². The van der Waals surface area contributed by atoms with Crippen molar-refractivity contribution in [2.75, 3.05) is 19.7 Å². The Morgan fingerprint density at radius 3 is 2.25 bits per heavy atom. The van der Waals surface area contributed by atoms with Crippen LogP contribution in [-0.2, 0) is 0 Å². The summed E-state index contributed by atoms with van der Waals surface area (Å²) in [5, 5.41) is 9.28. The smallest absolute Gasteiger partial charge is 0.0471 e. The minimum atomic E-state index is 0.392. The van der Waals surface area contributed by atoms with Gasteiger partial charge in [0.2, 0.25) is 0 Å². The van der Waals surface area contributed by atoms with Crippen molar-refractivity contribution in [3.63, 3.8) is 0 Å². The molecule has 1 saturated carbocycles. The zero-order valence-electron chi connectivity index (χ0n) is 10.5. The average Bonchev–Trinajstić information content (AvgIpc) is 2.29. The first-order valence-corrected chi connectivity index (χ1v) is 7.25. The molecule has 1 N–H and O–H groups in total. The lowest BCUT2D eigenvalue weighted by Gasteiger charge is -2.38. The molecule has 94 valence electrons. The van der Waals surface area contributed by atoms with Gasteiger partial charge in [-0.2, -0.15) is 0 Å². The van der Waals surface area contributed by atoms with Gasteiger partial charge in [0.25, 0.3) is 0 Å². The lowest BCUT2D eigenvalue weighted by atomic mass is 9.91. The molecule has 0 unspecified atom stereocenters. The molecule has 2 aliphatic rings. The van der Waals surface area contributed by atoms with Gasteiger partial charge in [-0.1, -0.05) is 32.1 Å². The lowest BCUT2D eigenvalue weighted by molar-refractivity contribution is 0.0767. The number of nitrogens with zero attached hydrogens (tertiary/aromatic N) is 1. The molecule has 16 heavy (non-hydrogen) atoms. The van der Waals surface area contributed by atoms with Gasteiger partial charge >= 0.3 is 0 Å². The maximum Gasteiger partial charge on any atom is 0.0471 e. The summed E-state index contributed by atoms with van der Waals surface area (Å²) < 4.78 is 0. The highest BCUT2D eigenvalue weighted by Crippen LogP contribution is 2.25. The molecule has 2 heteroatoms. The molecular formula is C14H27NO. The second-order valence-electron chi connectivity index (χ2n) is 5.68. The molecule has 1 aliphatic heterocycles. The Hall–Kier alpha value is -0.0800. The van der Waals surface area contributed by atoms with Crippen molar-refractivity contribution in [1.29, 1.82) is 0 Å². The van der Waals surface area contributed by atoms with Gasteiger partial charge in [0, 0.05) is 19.2 Å². The standard InChI is InChI=1S/C14H27NO/c16-12-13-7-6-10-15(11-13)14-8-4-2-1-3-5-9-14/h13-14,16H,1-12H2/t13-/m0/s1. The fraction of sp³-hybridized carbons (Fsp3) is 1.00. The van der Waals surface area contributed by atoms with Crippen LogP contribution in [0.25, 0.3) is 0 Å². The third-order valence-corrected chi connectivity index (χ3v) is 4.40. The molecule has 0 amide bonds. The highest BCUT2D eigenvalue weighted by molar-refractivity contribution is 4.80. The van der Waals surface area contributed by atoms with Crippen molar-refractivity contribution in [2.45, 2.75) is 63.8 Å². The molecule has 1 heterocycles. The average molecular weight is 225 g/mol. The quantitative estimate of drug-likeness (QED) is 0.781. The number of rotatable bonds is 2. The van der Waals surface area contributed by atoms with E-state index in [0.29, 0.717) is 12.5 Å². The molecule has 0 aromatic rings. The number of likely N-dealkylation sites (tertiary alicyclic amines) is 1. The number of aliphatic hydroxyl groups is 1. The van der Waals surface area contributed by atoms with Crippen molar-refractivity contribution in [1.82, 2.24) is 4.90 Å². The first-order valence-electron chi connectivity index (χ1n) is 7.25. The van der Waals surface area contributed by atoms with E-state index in [1.54, 1.807) is 0 Å². The van der Waals surface area contributed by atoms with Crippen molar-refractivity contribution in [3.05, 3.63) is 0 Å². The molecule has 0 bridgehead atoms. The highest BCUT2D eigenvalue weighted by atomic mass is 16.3. The van der Waals surface area contributed by atoms with Crippen LogP contribution in [0.5, 0.6) is 0 Å². The fourth-order valence-electron chi connectivity index (χ4n) is 3.38. The van der Waals surface area contributed by atoms with Crippen LogP contribution in [0.4, 0.5) is 0 Å². The minimum absolute atomic E-state index is 0.392. The minimum Gasteiger partial charge on any atom is -0.396 e. The summed E-state index contributed by atoms with van der Waals surface area (Å²) in [4.78, 5) is 2.68. The van der Waals surface area contributed by atoms with Gasteiger partial charge in [-0.25, -0.2) is 0 Å². The highest BCUT2D eigenvalue weighted by Gasteiger charge is 2.25. The van der Waals surface area contributed by atoms with Crippen LogP contribution in [0.3, 0.4) is 0 Å². The Morgan fingerprint density at radius 1 is 0.875 bits per heavy atom. The summed E-state index contributed by atoms with van der Waals surface area (Å²) in [7, 11) is 0. The van der Waals surface area contributed by atoms with Crippen molar-refractivity contribution >= 4 is 0 Å². The second kappa shape index (κ2) is 6.61. The third kappa shape index (κ3) is 3.46. The number of aliphatic hydroxyl groups excluding tert-OH is 1. The van der Waals surface area contributed by atoms with E-state index < -0.39 is 0 Å². The number of piperidine rings is 1. The van der Waals surface area contributed by atoms with Crippen molar-refractivity contribution < 1.29 is 5.11 Å². The molecular weight excluding hydrogens is 198 g/mol. The van der Waals surface area contributed by atoms with Gasteiger partial charge < -0.3 is 10.0 Å². The van der Waals surface area contributed by atoms with Crippen LogP contribution in [0.15, 0.2) is 0 Å². The number of hydrogen-bond acceptors (Lipinski definition) is 2. The van der Waals surface area contributed by atoms with E-state index >= 15 is 0 Å². The Bertz CT molecular complexity index is 187. The first kappa shape index (κ1) is 12.4. The maximum atomic E-state index is 9.28. The molecule has 1 atom stereocenters. The molecule has 0 spiro atoms. The van der Waals surface area contributed by atoms with Gasteiger partial charge in [0.05, 0.1) is 0 Å². The van der Waals surface area contributed by atoms with Crippen molar-refractivity contribution in [3.8, 4) is 0 Å². The van der Waals surface area contributed by atoms with Gasteiger partial charge in [-0.15, -0.1) is 0 Å². The van der Waals surface area contributed by atoms with Gasteiger partial charge in [-0.05, 0) is 38.1 Å². The summed E-state index contributed by atoms with van der Waals surface area (Å²) in [6.07, 6.45) is 12.5. The summed E-state index contributed by atoms with van der Waals surface area (Å²) >= 11 is 0. The van der Waals surface area contributed by atoms with E-state index in [1.165, 1.54) is 64.3 Å². The van der Waals surface area contributed by atoms with E-state index in [4.69, 9.17) is 0 Å². The van der Waals surface area contributed by atoms with Crippen LogP contribution in [-0.4, -0.2) is 35.7 Å². The topological polar surface area (TPSA) is 23.5 Å². The molecule has 1 aliphatic carbocycles. The van der Waals surface area contributed by atoms with Crippen LogP contribution in [0.2, 0.25) is 0 Å². The summed E-state index contributed by atoms with van der Waals surface area (Å²) in [5.74, 6) is 0.555. The predicted molar refractivity (Wildman–Crippen MR) is 67.5 cm³/mol. The third-order valence-electron chi connectivity index (χ3n) is 4.40. The first-order chi connectivity index (χ1) is 7.90. The zero-order chi connectivity index (χ0) is 11.2. The van der Waals surface area contributed by atoms with E-state index in [9.17, 15) is 5.11 Å². The summed E-state index contributed by atoms with van der Waals surface area (Å²) in [5.41, 5.74) is 0. The zero-order valence-corrected chi connectivity index (χ0v) is 10.5. The van der Waals surface area contributed by atoms with E-state index in [1.807, 2.05) is 0 Å². The van der Waals surface area contributed by atoms with Crippen LogP contribution in [0, 0.1) is 5.92 Å². The SMILES string of the molecule is OC[C@H]1CCCN(C2CCCCCCC2)C1. The molecule has 2 nitrogen and oxygen atoms in total. The molecule has 1 saturated heterocycles. The Kier molecular flexibility index (Phi) is 5.11.